The number of nitrogens with zero attached hydrogens (tertiary/aromatic N) is 6. The molecule has 0 aromatic carbocycles. The summed E-state index contributed by atoms with van der Waals surface area (Å²) in [7, 11) is 2.07. The summed E-state index contributed by atoms with van der Waals surface area (Å²) in [5.74, 6) is 0.420. The molecule has 0 saturated carbocycles. The van der Waals surface area contributed by atoms with Crippen LogP contribution in [0.4, 0.5) is 23.0 Å². The molecule has 0 aliphatic carbocycles. The number of primary amides is 1. The van der Waals surface area contributed by atoms with E-state index in [0.717, 1.165) is 37.5 Å². The Morgan fingerprint density at radius 2 is 2.00 bits per heavy atom. The third-order valence-electron chi connectivity index (χ3n) is 3.39. The maximum Gasteiger partial charge on any atom is 0.260 e. The van der Waals surface area contributed by atoms with Gasteiger partial charge in [0.05, 0.1) is 6.20 Å². The molecule has 3 rings (SSSR count). The molecule has 0 atom stereocenters. The predicted molar refractivity (Wildman–Crippen MR) is 87.9 cm³/mol. The number of thiazole rings is 1. The van der Waals surface area contributed by atoms with Crippen LogP contribution in [0, 0.1) is 0 Å². The van der Waals surface area contributed by atoms with E-state index in [2.05, 4.69) is 42.1 Å². The van der Waals surface area contributed by atoms with Crippen LogP contribution in [0.1, 0.15) is 9.67 Å². The van der Waals surface area contributed by atoms with Crippen molar-refractivity contribution in [3.8, 4) is 0 Å². The lowest BCUT2D eigenvalue weighted by molar-refractivity contribution is 0.100. The molecule has 1 aliphatic rings. The summed E-state index contributed by atoms with van der Waals surface area (Å²) in [6.45, 7) is 3.51. The fourth-order valence-electron chi connectivity index (χ4n) is 2.13. The average molecular weight is 335 g/mol. The number of hydrogen-bond acceptors (Lipinski definition) is 10. The number of anilines is 4. The maximum atomic E-state index is 11.1. The van der Waals surface area contributed by atoms with Gasteiger partial charge in [0.25, 0.3) is 5.91 Å². The summed E-state index contributed by atoms with van der Waals surface area (Å²) < 4.78 is 0. The lowest BCUT2D eigenvalue weighted by Gasteiger charge is -2.32. The number of amides is 1. The first kappa shape index (κ1) is 15.4. The van der Waals surface area contributed by atoms with E-state index in [-0.39, 0.29) is 11.9 Å². The van der Waals surface area contributed by atoms with Gasteiger partial charge in [-0.25, -0.2) is 4.98 Å². The summed E-state index contributed by atoms with van der Waals surface area (Å²) >= 11 is 1.13. The van der Waals surface area contributed by atoms with Gasteiger partial charge >= 0.3 is 0 Å². The third kappa shape index (κ3) is 3.63. The predicted octanol–water partition coefficient (Wildman–Crippen LogP) is -0.495. The van der Waals surface area contributed by atoms with Crippen molar-refractivity contribution in [2.45, 2.75) is 0 Å². The van der Waals surface area contributed by atoms with Gasteiger partial charge in [0.2, 0.25) is 17.8 Å². The van der Waals surface area contributed by atoms with E-state index in [1.165, 1.54) is 6.20 Å². The van der Waals surface area contributed by atoms with E-state index in [9.17, 15) is 4.79 Å². The Hall–Kier alpha value is -2.53. The Balaban J connectivity index is 1.78. The van der Waals surface area contributed by atoms with Crippen molar-refractivity contribution >= 4 is 40.2 Å². The van der Waals surface area contributed by atoms with E-state index in [0.29, 0.717) is 16.0 Å². The van der Waals surface area contributed by atoms with Crippen molar-refractivity contribution in [1.29, 1.82) is 0 Å². The Morgan fingerprint density at radius 1 is 1.26 bits per heavy atom. The van der Waals surface area contributed by atoms with Crippen LogP contribution in [0.25, 0.3) is 0 Å². The van der Waals surface area contributed by atoms with Crippen molar-refractivity contribution in [2.24, 2.45) is 5.73 Å². The van der Waals surface area contributed by atoms with Crippen LogP contribution in [-0.2, 0) is 0 Å². The SMILES string of the molecule is CN1CCN(c2nc(N)nc(Nc3ncc(C(N)=O)s3)n2)CC1. The standard InChI is InChI=1S/C12H17N9OS/c1-20-2-4-21(5-3-20)11-17-9(14)16-10(18-11)19-12-15-6-7(23-12)8(13)22/h6H,2-5H2,1H3,(H2,13,22)(H3,14,15,16,17,18,19). The van der Waals surface area contributed by atoms with Gasteiger partial charge in [-0.1, -0.05) is 11.3 Å². The van der Waals surface area contributed by atoms with Crippen molar-refractivity contribution in [3.63, 3.8) is 0 Å². The molecule has 23 heavy (non-hydrogen) atoms. The van der Waals surface area contributed by atoms with E-state index < -0.39 is 5.91 Å². The van der Waals surface area contributed by atoms with Crippen LogP contribution in [-0.4, -0.2) is 64.0 Å². The molecule has 5 N–H and O–H groups in total. The zero-order valence-electron chi connectivity index (χ0n) is 12.6. The highest BCUT2D eigenvalue weighted by molar-refractivity contribution is 7.17. The molecule has 0 bridgehead atoms. The van der Waals surface area contributed by atoms with Crippen LogP contribution in [0.15, 0.2) is 6.20 Å². The highest BCUT2D eigenvalue weighted by atomic mass is 32.1. The minimum atomic E-state index is -0.524. The number of nitrogens with one attached hydrogen (secondary N) is 1. The van der Waals surface area contributed by atoms with E-state index >= 15 is 0 Å². The molecule has 0 spiro atoms. The van der Waals surface area contributed by atoms with Crippen molar-refractivity contribution in [1.82, 2.24) is 24.8 Å². The molecule has 11 heteroatoms. The van der Waals surface area contributed by atoms with Crippen LogP contribution < -0.4 is 21.7 Å². The van der Waals surface area contributed by atoms with Gasteiger partial charge in [0, 0.05) is 26.2 Å². The Morgan fingerprint density at radius 3 is 2.65 bits per heavy atom. The Kier molecular flexibility index (Phi) is 4.21. The van der Waals surface area contributed by atoms with Gasteiger partial charge in [-0.15, -0.1) is 0 Å². The van der Waals surface area contributed by atoms with Gasteiger partial charge < -0.3 is 21.3 Å². The number of rotatable bonds is 4. The molecule has 1 aliphatic heterocycles. The Bertz CT molecular complexity index is 710. The lowest BCUT2D eigenvalue weighted by Crippen LogP contribution is -2.45. The van der Waals surface area contributed by atoms with Gasteiger partial charge in [-0.2, -0.15) is 15.0 Å². The van der Waals surface area contributed by atoms with E-state index in [4.69, 9.17) is 11.5 Å². The average Bonchev–Trinajstić information content (AvgIpc) is 2.96. The van der Waals surface area contributed by atoms with Crippen LogP contribution >= 0.6 is 11.3 Å². The fraction of sp³-hybridized carbons (Fsp3) is 0.417. The molecule has 1 amide bonds. The molecule has 0 radical (unpaired) electrons. The second kappa shape index (κ2) is 6.30. The monoisotopic (exact) mass is 335 g/mol. The summed E-state index contributed by atoms with van der Waals surface area (Å²) in [5, 5.41) is 3.40. The lowest BCUT2D eigenvalue weighted by atomic mass is 10.3. The van der Waals surface area contributed by atoms with Gasteiger partial charge in [-0.3, -0.25) is 10.1 Å². The first-order valence-electron chi connectivity index (χ1n) is 6.99. The zero-order valence-corrected chi connectivity index (χ0v) is 13.4. The summed E-state index contributed by atoms with van der Waals surface area (Å²) in [5.41, 5.74) is 11.0. The maximum absolute atomic E-state index is 11.1. The highest BCUT2D eigenvalue weighted by Gasteiger charge is 2.18. The van der Waals surface area contributed by atoms with Crippen LogP contribution in [0.5, 0.6) is 0 Å². The number of carbonyl (C=O) groups excluding carboxylic acids is 1. The smallest absolute Gasteiger partial charge is 0.260 e. The van der Waals surface area contributed by atoms with Gasteiger partial charge in [0.1, 0.15) is 4.88 Å². The number of nitrogen functional groups attached to an aromatic ring is 1. The number of hydrogen-bond donors (Lipinski definition) is 3. The van der Waals surface area contributed by atoms with Crippen molar-refractivity contribution in [2.75, 3.05) is 49.2 Å². The summed E-state index contributed by atoms with van der Waals surface area (Å²) in [4.78, 5) is 32.4. The fourth-order valence-corrected chi connectivity index (χ4v) is 2.79. The van der Waals surface area contributed by atoms with Crippen LogP contribution in [0.3, 0.4) is 0 Å². The van der Waals surface area contributed by atoms with Crippen LogP contribution in [0.2, 0.25) is 0 Å². The molecule has 2 aromatic heterocycles. The number of piperazine rings is 1. The second-order valence-corrected chi connectivity index (χ2v) is 6.16. The molecular weight excluding hydrogens is 318 g/mol. The molecule has 3 heterocycles. The Labute approximate surface area is 136 Å². The van der Waals surface area contributed by atoms with Crippen molar-refractivity contribution < 1.29 is 4.79 Å². The molecular formula is C12H17N9OS. The van der Waals surface area contributed by atoms with E-state index in [1.54, 1.807) is 0 Å². The normalized spacial score (nSPS) is 15.6. The minimum absolute atomic E-state index is 0.128. The highest BCUT2D eigenvalue weighted by Crippen LogP contribution is 2.22. The third-order valence-corrected chi connectivity index (χ3v) is 4.32. The number of carbonyl (C=O) groups is 1. The molecule has 122 valence electrons. The van der Waals surface area contributed by atoms with Crippen molar-refractivity contribution in [3.05, 3.63) is 11.1 Å². The number of likely N-dealkylation sites (N-methyl/N-ethyl adjacent to an activating group) is 1. The topological polar surface area (TPSA) is 139 Å². The summed E-state index contributed by atoms with van der Waals surface area (Å²) in [6.07, 6.45) is 1.40. The zero-order chi connectivity index (χ0) is 16.4. The number of nitrogens with two attached hydrogens (primary N) is 2. The molecule has 0 unspecified atom stereocenters. The van der Waals surface area contributed by atoms with Gasteiger partial charge in [0.15, 0.2) is 5.13 Å². The quantitative estimate of drug-likeness (QED) is 0.675. The molecule has 2 aromatic rings. The largest absolute Gasteiger partial charge is 0.368 e. The summed E-state index contributed by atoms with van der Waals surface area (Å²) in [6, 6.07) is 0. The first-order chi connectivity index (χ1) is 11.0. The van der Waals surface area contributed by atoms with Gasteiger partial charge in [-0.05, 0) is 7.05 Å². The first-order valence-corrected chi connectivity index (χ1v) is 7.80. The molecule has 10 nitrogen and oxygen atoms in total. The van der Waals surface area contributed by atoms with E-state index in [1.807, 2.05) is 0 Å². The molecule has 1 saturated heterocycles. The number of aromatic nitrogens is 4. The second-order valence-electron chi connectivity index (χ2n) is 5.13. The molecule has 1 fully saturated rings. The minimum Gasteiger partial charge on any atom is -0.368 e.